The Morgan fingerprint density at radius 1 is 1.14 bits per heavy atom. The second-order valence-corrected chi connectivity index (χ2v) is 11.5. The Kier molecular flexibility index (Phi) is 3.92. The summed E-state index contributed by atoms with van der Waals surface area (Å²) in [6, 6.07) is 3.73. The van der Waals surface area contributed by atoms with Gasteiger partial charge in [0.15, 0.2) is 0 Å². The van der Waals surface area contributed by atoms with Gasteiger partial charge >= 0.3 is 0 Å². The zero-order valence-corrected chi connectivity index (χ0v) is 19.0. The predicted octanol–water partition coefficient (Wildman–Crippen LogP) is 4.67. The van der Waals surface area contributed by atoms with Gasteiger partial charge in [-0.3, -0.25) is 14.5 Å². The van der Waals surface area contributed by atoms with E-state index in [1.54, 1.807) is 22.4 Å². The summed E-state index contributed by atoms with van der Waals surface area (Å²) in [4.78, 5) is 29.3. The molecule has 10 heteroatoms. The van der Waals surface area contributed by atoms with Crippen LogP contribution < -0.4 is 15.0 Å². The van der Waals surface area contributed by atoms with Crippen molar-refractivity contribution in [3.8, 4) is 16.9 Å². The molecule has 142 valence electrons. The molecule has 1 N–H and O–H groups in total. The Balaban J connectivity index is 1.92. The van der Waals surface area contributed by atoms with Gasteiger partial charge in [0.1, 0.15) is 13.9 Å². The molecule has 2 amide bonds. The number of hydrogen-bond donors (Lipinski definition) is 1. The number of fused-ring (bicyclic) bond motifs is 2. The van der Waals surface area contributed by atoms with Crippen LogP contribution in [0.25, 0.3) is 16.7 Å². The van der Waals surface area contributed by atoms with E-state index < -0.39 is 5.54 Å². The first-order valence-electron chi connectivity index (χ1n) is 8.24. The zero-order chi connectivity index (χ0) is 20.0. The highest BCUT2D eigenvalue weighted by atomic mass is 32.9. The maximum atomic E-state index is 13.6. The van der Waals surface area contributed by atoms with E-state index in [-0.39, 0.29) is 11.8 Å². The number of carbonyl (C=O) groups is 2. The summed E-state index contributed by atoms with van der Waals surface area (Å²) in [6.45, 7) is 4.03. The van der Waals surface area contributed by atoms with Gasteiger partial charge in [0.25, 0.3) is 11.8 Å². The summed E-state index contributed by atoms with van der Waals surface area (Å²) < 4.78 is 6.66. The second kappa shape index (κ2) is 5.96. The van der Waals surface area contributed by atoms with Crippen molar-refractivity contribution in [1.82, 2.24) is 5.32 Å². The van der Waals surface area contributed by atoms with Gasteiger partial charge in [-0.1, -0.05) is 56.9 Å². The number of thioether (sulfide) groups is 1. The van der Waals surface area contributed by atoms with Crippen molar-refractivity contribution in [1.29, 1.82) is 0 Å². The minimum absolute atomic E-state index is 0.202. The standard InChI is InChI=1S/C18H12N2O3S5/c1-18(2)13-10(16(24)28-27-13)8-5-6(23-3)4-7-9(15(22)20(18)11(7)8)12-14(21)19-17(25)26-12/h4-5H,1-3H3,(H,19,21,25). The van der Waals surface area contributed by atoms with E-state index in [9.17, 15) is 9.59 Å². The number of ether oxygens (including phenoxy) is 1. The number of methoxy groups -OCH3 is 1. The maximum Gasteiger partial charge on any atom is 0.264 e. The number of nitrogens with zero attached hydrogens (tertiary/aromatic N) is 1. The van der Waals surface area contributed by atoms with Crippen LogP contribution in [0.2, 0.25) is 0 Å². The Morgan fingerprint density at radius 3 is 2.50 bits per heavy atom. The summed E-state index contributed by atoms with van der Waals surface area (Å²) in [6.07, 6.45) is 0. The molecule has 0 spiro atoms. The minimum Gasteiger partial charge on any atom is -0.497 e. The molecule has 1 aromatic heterocycles. The van der Waals surface area contributed by atoms with Crippen LogP contribution in [0.1, 0.15) is 24.3 Å². The third-order valence-corrected chi connectivity index (χ3v) is 9.65. The minimum atomic E-state index is -0.580. The Hall–Kier alpha value is -1.59. The number of thiocarbonyl (C=S) groups is 1. The number of rotatable bonds is 1. The normalized spacial score (nSPS) is 21.7. The van der Waals surface area contributed by atoms with Gasteiger partial charge in [0.2, 0.25) is 0 Å². The van der Waals surface area contributed by atoms with E-state index in [0.29, 0.717) is 26.1 Å². The second-order valence-electron chi connectivity index (χ2n) is 6.98. The first kappa shape index (κ1) is 18.4. The smallest absolute Gasteiger partial charge is 0.264 e. The van der Waals surface area contributed by atoms with Crippen LogP contribution >= 0.6 is 56.9 Å². The molecule has 0 atom stereocenters. The van der Waals surface area contributed by atoms with E-state index in [2.05, 4.69) is 5.32 Å². The molecule has 5 nitrogen and oxygen atoms in total. The van der Waals surface area contributed by atoms with Crippen molar-refractivity contribution in [3.63, 3.8) is 0 Å². The molecule has 1 fully saturated rings. The van der Waals surface area contributed by atoms with Crippen molar-refractivity contribution in [3.05, 3.63) is 31.3 Å². The average molecular weight is 465 g/mol. The lowest BCUT2D eigenvalue weighted by molar-refractivity contribution is -0.116. The van der Waals surface area contributed by atoms with Gasteiger partial charge in [-0.25, -0.2) is 0 Å². The van der Waals surface area contributed by atoms with E-state index in [4.69, 9.17) is 29.2 Å². The number of amides is 2. The van der Waals surface area contributed by atoms with Crippen LogP contribution in [0.5, 0.6) is 5.75 Å². The summed E-state index contributed by atoms with van der Waals surface area (Å²) in [7, 11) is 4.72. The van der Waals surface area contributed by atoms with Crippen molar-refractivity contribution in [2.24, 2.45) is 0 Å². The van der Waals surface area contributed by atoms with E-state index in [1.807, 2.05) is 26.0 Å². The molecule has 1 saturated heterocycles. The van der Waals surface area contributed by atoms with Crippen LogP contribution in [0.3, 0.4) is 0 Å². The van der Waals surface area contributed by atoms with E-state index in [1.165, 1.54) is 10.3 Å². The average Bonchev–Trinajstić information content (AvgIpc) is 3.27. The number of hydrogen-bond acceptors (Lipinski definition) is 8. The molecule has 28 heavy (non-hydrogen) atoms. The summed E-state index contributed by atoms with van der Waals surface area (Å²) in [5.74, 6) is 0.0732. The highest BCUT2D eigenvalue weighted by molar-refractivity contribution is 8.27. The molecule has 3 aliphatic heterocycles. The molecule has 0 saturated carbocycles. The number of nitrogens with one attached hydrogen (secondary N) is 1. The van der Waals surface area contributed by atoms with Crippen molar-refractivity contribution < 1.29 is 14.3 Å². The molecule has 1 aromatic carbocycles. The van der Waals surface area contributed by atoms with Crippen LogP contribution in [0.4, 0.5) is 5.69 Å². The summed E-state index contributed by atoms with van der Waals surface area (Å²) >= 11 is 11.9. The molecule has 0 unspecified atom stereocenters. The van der Waals surface area contributed by atoms with Gasteiger partial charge < -0.3 is 10.1 Å². The molecular weight excluding hydrogens is 453 g/mol. The molecule has 2 aromatic rings. The van der Waals surface area contributed by atoms with Crippen LogP contribution in [-0.4, -0.2) is 23.2 Å². The third kappa shape index (κ3) is 2.23. The van der Waals surface area contributed by atoms with Gasteiger partial charge in [-0.05, 0) is 26.0 Å². The van der Waals surface area contributed by atoms with E-state index in [0.717, 1.165) is 37.3 Å². The predicted molar refractivity (Wildman–Crippen MR) is 121 cm³/mol. The quantitative estimate of drug-likeness (QED) is 0.376. The molecule has 0 radical (unpaired) electrons. The molecule has 0 aliphatic carbocycles. The topological polar surface area (TPSA) is 58.6 Å². The Labute approximate surface area is 182 Å². The lowest BCUT2D eigenvalue weighted by atomic mass is 9.87. The number of carbonyl (C=O) groups excluding carboxylic acids is 2. The number of anilines is 1. The lowest BCUT2D eigenvalue weighted by Gasteiger charge is -2.40. The number of benzene rings is 1. The summed E-state index contributed by atoms with van der Waals surface area (Å²) in [5.41, 5.74) is 3.12. The van der Waals surface area contributed by atoms with Crippen LogP contribution in [0, 0.1) is 3.82 Å². The maximum absolute atomic E-state index is 13.6. The van der Waals surface area contributed by atoms with E-state index >= 15 is 0 Å². The molecular formula is C18H12N2O3S5. The molecule has 4 heterocycles. The van der Waals surface area contributed by atoms with Gasteiger partial charge in [-0.15, -0.1) is 0 Å². The van der Waals surface area contributed by atoms with Crippen molar-refractivity contribution in [2.45, 2.75) is 19.4 Å². The highest BCUT2D eigenvalue weighted by Gasteiger charge is 2.51. The molecule has 0 bridgehead atoms. The first-order valence-corrected chi connectivity index (χ1v) is 12.0. The van der Waals surface area contributed by atoms with Crippen molar-refractivity contribution >= 4 is 84.3 Å². The molecule has 3 aliphatic rings. The Morgan fingerprint density at radius 2 is 1.86 bits per heavy atom. The van der Waals surface area contributed by atoms with Gasteiger partial charge in [0, 0.05) is 16.7 Å². The Bertz CT molecular complexity index is 1220. The monoisotopic (exact) mass is 464 g/mol. The van der Waals surface area contributed by atoms with Gasteiger partial charge in [0.05, 0.1) is 33.7 Å². The fraction of sp³-hybridized carbons (Fsp3) is 0.222. The lowest BCUT2D eigenvalue weighted by Crippen LogP contribution is -2.45. The largest absolute Gasteiger partial charge is 0.497 e. The zero-order valence-electron chi connectivity index (χ0n) is 14.9. The van der Waals surface area contributed by atoms with Crippen LogP contribution in [0.15, 0.2) is 17.0 Å². The SMILES string of the molecule is COc1cc2c3c(c1)-c1c(ssc1=S)C(C)(C)N3C(=O)C2=C1SC(=S)NC1=O. The first-order chi connectivity index (χ1) is 13.3. The van der Waals surface area contributed by atoms with Crippen molar-refractivity contribution in [2.75, 3.05) is 12.0 Å². The molecule has 5 rings (SSSR count). The summed E-state index contributed by atoms with van der Waals surface area (Å²) in [5, 5.41) is 2.61. The third-order valence-electron chi connectivity index (χ3n) is 5.09. The van der Waals surface area contributed by atoms with Crippen LogP contribution in [-0.2, 0) is 15.1 Å². The highest BCUT2D eigenvalue weighted by Crippen LogP contribution is 2.59. The fourth-order valence-corrected chi connectivity index (χ4v) is 8.30. The fourth-order valence-electron chi connectivity index (χ4n) is 3.91. The van der Waals surface area contributed by atoms with Gasteiger partial charge in [-0.2, -0.15) is 0 Å².